The Morgan fingerprint density at radius 1 is 1.28 bits per heavy atom. The van der Waals surface area contributed by atoms with Crippen molar-refractivity contribution < 1.29 is 14.7 Å². The van der Waals surface area contributed by atoms with Crippen molar-refractivity contribution in [1.29, 1.82) is 0 Å². The Morgan fingerprint density at radius 2 is 2.04 bits per heavy atom. The number of fused-ring (bicyclic) bond motifs is 1. The van der Waals surface area contributed by atoms with Gasteiger partial charge in [0.05, 0.1) is 22.4 Å². The highest BCUT2D eigenvalue weighted by atomic mass is 16.4. The second-order valence-corrected chi connectivity index (χ2v) is 7.14. The van der Waals surface area contributed by atoms with Crippen LogP contribution in [0.5, 0.6) is 0 Å². The van der Waals surface area contributed by atoms with E-state index in [9.17, 15) is 14.7 Å². The van der Waals surface area contributed by atoms with E-state index in [1.165, 1.54) is 0 Å². The first kappa shape index (κ1) is 15.9. The molecule has 1 aliphatic carbocycles. The van der Waals surface area contributed by atoms with E-state index in [0.29, 0.717) is 30.8 Å². The lowest BCUT2D eigenvalue weighted by molar-refractivity contribution is -0.149. The molecule has 2 heterocycles. The molecule has 1 aromatic carbocycles. The van der Waals surface area contributed by atoms with E-state index in [-0.39, 0.29) is 11.8 Å². The predicted octanol–water partition coefficient (Wildman–Crippen LogP) is 2.51. The van der Waals surface area contributed by atoms with Gasteiger partial charge in [0, 0.05) is 19.3 Å². The molecule has 2 fully saturated rings. The van der Waals surface area contributed by atoms with E-state index < -0.39 is 11.4 Å². The first-order chi connectivity index (χ1) is 12.0. The highest BCUT2D eigenvalue weighted by Gasteiger charge is 2.55. The molecule has 1 saturated heterocycles. The maximum absolute atomic E-state index is 13.0. The molecule has 4 rings (SSSR count). The van der Waals surface area contributed by atoms with Crippen molar-refractivity contribution in [1.82, 2.24) is 14.7 Å². The average molecular weight is 339 g/mol. The number of amides is 1. The molecule has 1 aliphatic heterocycles. The normalized spacial score (nSPS) is 25.2. The Bertz CT molecular complexity index is 830. The van der Waals surface area contributed by atoms with Crippen LogP contribution >= 0.6 is 0 Å². The highest BCUT2D eigenvalue weighted by molar-refractivity contribution is 5.96. The number of rotatable bonds is 3. The van der Waals surface area contributed by atoms with Gasteiger partial charge in [-0.2, -0.15) is 5.10 Å². The summed E-state index contributed by atoms with van der Waals surface area (Å²) in [6, 6.07) is 9.64. The predicted molar refractivity (Wildman–Crippen MR) is 91.6 cm³/mol. The van der Waals surface area contributed by atoms with Crippen LogP contribution in [0.1, 0.15) is 35.3 Å². The van der Waals surface area contributed by atoms with E-state index in [4.69, 9.17) is 0 Å². The fraction of sp³-hybridized carbons (Fsp3) is 0.421. The lowest BCUT2D eigenvalue weighted by Gasteiger charge is -2.23. The molecule has 25 heavy (non-hydrogen) atoms. The number of aliphatic carboxylic acids is 1. The number of benzene rings is 1. The zero-order valence-electron chi connectivity index (χ0n) is 14.2. The molecule has 1 saturated carbocycles. The van der Waals surface area contributed by atoms with Crippen LogP contribution in [0.4, 0.5) is 0 Å². The first-order valence-electron chi connectivity index (χ1n) is 8.65. The van der Waals surface area contributed by atoms with Crippen molar-refractivity contribution in [2.45, 2.75) is 26.2 Å². The van der Waals surface area contributed by atoms with Gasteiger partial charge in [0.15, 0.2) is 0 Å². The van der Waals surface area contributed by atoms with Gasteiger partial charge < -0.3 is 10.0 Å². The van der Waals surface area contributed by atoms with Crippen molar-refractivity contribution in [2.24, 2.45) is 11.3 Å². The van der Waals surface area contributed by atoms with Crippen LogP contribution in [-0.4, -0.2) is 44.8 Å². The maximum Gasteiger partial charge on any atom is 0.311 e. The summed E-state index contributed by atoms with van der Waals surface area (Å²) in [7, 11) is 0. The number of carbonyl (C=O) groups excluding carboxylic acids is 1. The number of carboxylic acids is 1. The minimum absolute atomic E-state index is 0.0680. The highest BCUT2D eigenvalue weighted by Crippen LogP contribution is 2.49. The number of para-hydroxylation sites is 1. The van der Waals surface area contributed by atoms with Crippen LogP contribution in [0.15, 0.2) is 36.5 Å². The first-order valence-corrected chi connectivity index (χ1v) is 8.65. The second-order valence-electron chi connectivity index (χ2n) is 7.14. The largest absolute Gasteiger partial charge is 0.481 e. The van der Waals surface area contributed by atoms with Gasteiger partial charge >= 0.3 is 5.97 Å². The van der Waals surface area contributed by atoms with Crippen LogP contribution in [0.3, 0.4) is 0 Å². The molecule has 2 aromatic rings. The lowest BCUT2D eigenvalue weighted by atomic mass is 9.81. The third kappa shape index (κ3) is 2.44. The number of aromatic nitrogens is 2. The maximum atomic E-state index is 13.0. The second kappa shape index (κ2) is 5.72. The Balaban J connectivity index is 1.60. The van der Waals surface area contributed by atoms with Crippen molar-refractivity contribution in [2.75, 3.05) is 13.1 Å². The topological polar surface area (TPSA) is 75.4 Å². The monoisotopic (exact) mass is 339 g/mol. The van der Waals surface area contributed by atoms with Gasteiger partial charge in [0.1, 0.15) is 0 Å². The smallest absolute Gasteiger partial charge is 0.311 e. The molecule has 1 amide bonds. The molecular weight excluding hydrogens is 318 g/mol. The third-order valence-electron chi connectivity index (χ3n) is 5.73. The number of aryl methyl sites for hydroxylation is 1. The standard InChI is InChI=1S/C19H21N3O3/c1-13-16(11-22(20-13)15-7-3-2-4-8-15)17(23)21-10-14-6-5-9-19(14,12-21)18(24)25/h2-4,7-8,11,14H,5-6,9-10,12H2,1H3,(H,24,25)/t14-,19+/m0/s1. The van der Waals surface area contributed by atoms with Crippen molar-refractivity contribution in [3.8, 4) is 5.69 Å². The zero-order chi connectivity index (χ0) is 17.6. The summed E-state index contributed by atoms with van der Waals surface area (Å²) in [4.78, 5) is 26.5. The molecule has 0 bridgehead atoms. The van der Waals surface area contributed by atoms with Gasteiger partial charge in [-0.3, -0.25) is 9.59 Å². The van der Waals surface area contributed by atoms with Crippen LogP contribution in [0.25, 0.3) is 5.69 Å². The molecule has 2 aliphatic rings. The Morgan fingerprint density at radius 3 is 2.72 bits per heavy atom. The molecular formula is C19H21N3O3. The quantitative estimate of drug-likeness (QED) is 0.932. The molecule has 0 radical (unpaired) electrons. The molecule has 130 valence electrons. The zero-order valence-corrected chi connectivity index (χ0v) is 14.2. The number of nitrogens with zero attached hydrogens (tertiary/aromatic N) is 3. The SMILES string of the molecule is Cc1nn(-c2ccccc2)cc1C(=O)N1C[C@@H]2CCC[C@@]2(C(=O)O)C1. The Hall–Kier alpha value is -2.63. The van der Waals surface area contributed by atoms with Gasteiger partial charge in [-0.1, -0.05) is 24.6 Å². The van der Waals surface area contributed by atoms with Crippen LogP contribution in [-0.2, 0) is 4.79 Å². The van der Waals surface area contributed by atoms with E-state index in [2.05, 4.69) is 5.10 Å². The fourth-order valence-corrected chi connectivity index (χ4v) is 4.35. The van der Waals surface area contributed by atoms with Crippen molar-refractivity contribution in [3.63, 3.8) is 0 Å². The molecule has 1 aromatic heterocycles. The Kier molecular flexibility index (Phi) is 3.63. The number of likely N-dealkylation sites (tertiary alicyclic amines) is 1. The van der Waals surface area contributed by atoms with Crippen molar-refractivity contribution in [3.05, 3.63) is 47.8 Å². The molecule has 0 unspecified atom stereocenters. The molecule has 6 heteroatoms. The summed E-state index contributed by atoms with van der Waals surface area (Å²) >= 11 is 0. The van der Waals surface area contributed by atoms with E-state index in [1.54, 1.807) is 15.8 Å². The van der Waals surface area contributed by atoms with Gasteiger partial charge in [0.25, 0.3) is 5.91 Å². The number of hydrogen-bond acceptors (Lipinski definition) is 3. The summed E-state index contributed by atoms with van der Waals surface area (Å²) in [5, 5.41) is 14.1. The van der Waals surface area contributed by atoms with Crippen LogP contribution < -0.4 is 0 Å². The number of carbonyl (C=O) groups is 2. The Labute approximate surface area is 146 Å². The molecule has 1 N–H and O–H groups in total. The number of hydrogen-bond donors (Lipinski definition) is 1. The summed E-state index contributed by atoms with van der Waals surface area (Å²) in [6.07, 6.45) is 4.23. The molecule has 0 spiro atoms. The van der Waals surface area contributed by atoms with E-state index in [0.717, 1.165) is 18.5 Å². The van der Waals surface area contributed by atoms with E-state index in [1.807, 2.05) is 37.3 Å². The van der Waals surface area contributed by atoms with Crippen molar-refractivity contribution >= 4 is 11.9 Å². The number of carboxylic acid groups (broad SMARTS) is 1. The lowest BCUT2D eigenvalue weighted by Crippen LogP contribution is -2.37. The van der Waals surface area contributed by atoms with Crippen LogP contribution in [0.2, 0.25) is 0 Å². The van der Waals surface area contributed by atoms with Gasteiger partial charge in [-0.05, 0) is 37.8 Å². The average Bonchev–Trinajstić information content (AvgIpc) is 3.27. The summed E-state index contributed by atoms with van der Waals surface area (Å²) < 4.78 is 1.70. The molecule has 6 nitrogen and oxygen atoms in total. The van der Waals surface area contributed by atoms with Gasteiger partial charge in [0.2, 0.25) is 0 Å². The fourth-order valence-electron chi connectivity index (χ4n) is 4.35. The minimum Gasteiger partial charge on any atom is -0.481 e. The minimum atomic E-state index is -0.762. The third-order valence-corrected chi connectivity index (χ3v) is 5.73. The molecule has 2 atom stereocenters. The summed E-state index contributed by atoms with van der Waals surface area (Å²) in [6.45, 7) is 2.65. The van der Waals surface area contributed by atoms with Crippen LogP contribution in [0, 0.1) is 18.3 Å². The summed E-state index contributed by atoms with van der Waals surface area (Å²) in [5.41, 5.74) is 1.35. The van der Waals surface area contributed by atoms with Gasteiger partial charge in [-0.25, -0.2) is 4.68 Å². The summed E-state index contributed by atoms with van der Waals surface area (Å²) in [5.74, 6) is -0.810. The van der Waals surface area contributed by atoms with Gasteiger partial charge in [-0.15, -0.1) is 0 Å². The van der Waals surface area contributed by atoms with E-state index >= 15 is 0 Å².